The zero-order chi connectivity index (χ0) is 13.4. The van der Waals surface area contributed by atoms with E-state index in [1.54, 1.807) is 0 Å². The molecule has 100 valence electrons. The first-order valence-corrected chi connectivity index (χ1v) is 5.75. The second kappa shape index (κ2) is 8.03. The van der Waals surface area contributed by atoms with Crippen molar-refractivity contribution in [2.75, 3.05) is 26.7 Å². The van der Waals surface area contributed by atoms with E-state index in [0.29, 0.717) is 12.6 Å². The van der Waals surface area contributed by atoms with E-state index in [-0.39, 0.29) is 12.5 Å². The molecular weight excluding hydrogens is 222 g/mol. The molecule has 1 unspecified atom stereocenters. The summed E-state index contributed by atoms with van der Waals surface area (Å²) in [6, 6.07) is -0.403. The van der Waals surface area contributed by atoms with Gasteiger partial charge in [0.15, 0.2) is 0 Å². The van der Waals surface area contributed by atoms with Crippen LogP contribution in [0.3, 0.4) is 0 Å². The van der Waals surface area contributed by atoms with Gasteiger partial charge in [0.05, 0.1) is 0 Å². The third-order valence-electron chi connectivity index (χ3n) is 2.55. The molecule has 6 heteroatoms. The molecule has 0 bridgehead atoms. The van der Waals surface area contributed by atoms with E-state index in [0.717, 1.165) is 6.54 Å². The lowest BCUT2D eigenvalue weighted by atomic mass is 10.3. The van der Waals surface area contributed by atoms with Crippen LogP contribution in [0.1, 0.15) is 20.8 Å². The van der Waals surface area contributed by atoms with Crippen LogP contribution in [0.5, 0.6) is 0 Å². The van der Waals surface area contributed by atoms with Crippen LogP contribution in [0.2, 0.25) is 0 Å². The Balaban J connectivity index is 3.83. The van der Waals surface area contributed by atoms with Crippen LogP contribution in [-0.4, -0.2) is 60.6 Å². The van der Waals surface area contributed by atoms with Crippen molar-refractivity contribution in [3.63, 3.8) is 0 Å². The number of nitrogens with zero attached hydrogens (tertiary/aromatic N) is 1. The molecule has 0 aliphatic heterocycles. The van der Waals surface area contributed by atoms with E-state index < -0.39 is 12.0 Å². The average molecular weight is 245 g/mol. The minimum atomic E-state index is -1.02. The number of likely N-dealkylation sites (N-methyl/N-ethyl adjacent to an activating group) is 1. The Morgan fingerprint density at radius 3 is 2.35 bits per heavy atom. The quantitative estimate of drug-likeness (QED) is 0.503. The van der Waals surface area contributed by atoms with E-state index in [4.69, 9.17) is 5.11 Å². The number of nitrogens with one attached hydrogen (secondary N) is 2. The van der Waals surface area contributed by atoms with Crippen molar-refractivity contribution in [1.29, 1.82) is 0 Å². The van der Waals surface area contributed by atoms with Crippen molar-refractivity contribution in [3.05, 3.63) is 0 Å². The summed E-state index contributed by atoms with van der Waals surface area (Å²) in [6.07, 6.45) is 0. The van der Waals surface area contributed by atoms with Gasteiger partial charge in [-0.25, -0.2) is 4.79 Å². The summed E-state index contributed by atoms with van der Waals surface area (Å²) in [7, 11) is 2.01. The highest BCUT2D eigenvalue weighted by molar-refractivity contribution is 5.82. The molecule has 0 rings (SSSR count). The molecule has 0 aliphatic carbocycles. The molecule has 1 amide bonds. The van der Waals surface area contributed by atoms with E-state index >= 15 is 0 Å². The van der Waals surface area contributed by atoms with Gasteiger partial charge in [0.25, 0.3) is 0 Å². The fraction of sp³-hybridized carbons (Fsp3) is 0.818. The molecular formula is C11H23N3O3. The average Bonchev–Trinajstić information content (AvgIpc) is 2.21. The topological polar surface area (TPSA) is 81.7 Å². The highest BCUT2D eigenvalue weighted by Crippen LogP contribution is 1.91. The van der Waals surface area contributed by atoms with Gasteiger partial charge >= 0.3 is 5.97 Å². The molecule has 0 aromatic carbocycles. The van der Waals surface area contributed by atoms with Crippen molar-refractivity contribution < 1.29 is 14.7 Å². The van der Waals surface area contributed by atoms with Crippen LogP contribution in [0.4, 0.5) is 0 Å². The first-order valence-electron chi connectivity index (χ1n) is 5.75. The number of amides is 1. The van der Waals surface area contributed by atoms with Crippen LogP contribution in [0, 0.1) is 0 Å². The lowest BCUT2D eigenvalue weighted by molar-refractivity contribution is -0.141. The molecule has 0 saturated carbocycles. The van der Waals surface area contributed by atoms with Crippen molar-refractivity contribution in [2.45, 2.75) is 32.9 Å². The van der Waals surface area contributed by atoms with Crippen molar-refractivity contribution in [3.8, 4) is 0 Å². The number of carboxylic acids is 1. The molecule has 3 N–H and O–H groups in total. The minimum Gasteiger partial charge on any atom is -0.480 e. The van der Waals surface area contributed by atoms with E-state index in [1.165, 1.54) is 6.92 Å². The maximum Gasteiger partial charge on any atom is 0.327 e. The lowest BCUT2D eigenvalue weighted by Gasteiger charge is -2.21. The van der Waals surface area contributed by atoms with E-state index in [1.807, 2.05) is 7.05 Å². The number of carbonyl (C=O) groups excluding carboxylic acids is 1. The van der Waals surface area contributed by atoms with Crippen molar-refractivity contribution >= 4 is 11.9 Å². The van der Waals surface area contributed by atoms with Gasteiger partial charge < -0.3 is 20.6 Å². The van der Waals surface area contributed by atoms with Crippen LogP contribution in [0.15, 0.2) is 0 Å². The van der Waals surface area contributed by atoms with Gasteiger partial charge in [-0.05, 0) is 20.9 Å². The summed E-state index contributed by atoms with van der Waals surface area (Å²) in [4.78, 5) is 23.7. The maximum atomic E-state index is 10.8. The number of hydrogen-bond acceptors (Lipinski definition) is 4. The highest BCUT2D eigenvalue weighted by atomic mass is 16.4. The van der Waals surface area contributed by atoms with Crippen molar-refractivity contribution in [2.24, 2.45) is 0 Å². The van der Waals surface area contributed by atoms with Gasteiger partial charge in [0, 0.05) is 32.6 Å². The summed E-state index contributed by atoms with van der Waals surface area (Å²) in [5, 5.41) is 14.3. The maximum absolute atomic E-state index is 10.8. The minimum absolute atomic E-state index is 0.237. The van der Waals surface area contributed by atoms with Crippen LogP contribution in [0.25, 0.3) is 0 Å². The monoisotopic (exact) mass is 245 g/mol. The summed E-state index contributed by atoms with van der Waals surface area (Å²) in [6.45, 7) is 7.26. The third-order valence-corrected chi connectivity index (χ3v) is 2.55. The standard InChI is InChI=1S/C11H23N3O3/c1-8(2)14(4)6-5-12-7-10(11(16)17)13-9(3)15/h8,10,12H,5-7H2,1-4H3,(H,13,15)(H,16,17). The zero-order valence-electron chi connectivity index (χ0n) is 11.0. The SMILES string of the molecule is CC(=O)NC(CNCCN(C)C(C)C)C(=O)O. The van der Waals surface area contributed by atoms with E-state index in [9.17, 15) is 9.59 Å². The molecule has 0 aromatic heterocycles. The largest absolute Gasteiger partial charge is 0.480 e. The fourth-order valence-corrected chi connectivity index (χ4v) is 1.21. The molecule has 0 spiro atoms. The molecule has 0 fully saturated rings. The Morgan fingerprint density at radius 2 is 1.94 bits per heavy atom. The molecule has 0 heterocycles. The number of hydrogen-bond donors (Lipinski definition) is 3. The molecule has 0 aliphatic rings. The number of carbonyl (C=O) groups is 2. The molecule has 17 heavy (non-hydrogen) atoms. The summed E-state index contributed by atoms with van der Waals surface area (Å²) >= 11 is 0. The Labute approximate surface area is 102 Å². The molecule has 6 nitrogen and oxygen atoms in total. The van der Waals surface area contributed by atoms with Gasteiger partial charge in [-0.15, -0.1) is 0 Å². The zero-order valence-corrected chi connectivity index (χ0v) is 11.0. The molecule has 0 aromatic rings. The third kappa shape index (κ3) is 7.70. The molecule has 0 radical (unpaired) electrons. The van der Waals surface area contributed by atoms with Gasteiger partial charge in [0.1, 0.15) is 6.04 Å². The second-order valence-electron chi connectivity index (χ2n) is 4.37. The van der Waals surface area contributed by atoms with Gasteiger partial charge in [-0.2, -0.15) is 0 Å². The Morgan fingerprint density at radius 1 is 1.35 bits per heavy atom. The summed E-state index contributed by atoms with van der Waals surface area (Å²) < 4.78 is 0. The Hall–Kier alpha value is -1.14. The second-order valence-corrected chi connectivity index (χ2v) is 4.37. The fourth-order valence-electron chi connectivity index (χ4n) is 1.21. The lowest BCUT2D eigenvalue weighted by Crippen LogP contribution is -2.47. The normalized spacial score (nSPS) is 12.8. The van der Waals surface area contributed by atoms with Crippen LogP contribution in [-0.2, 0) is 9.59 Å². The number of rotatable bonds is 8. The summed E-state index contributed by atoms with van der Waals surface area (Å²) in [5.74, 6) is -1.36. The first-order chi connectivity index (χ1) is 7.84. The Bertz CT molecular complexity index is 256. The van der Waals surface area contributed by atoms with Crippen molar-refractivity contribution in [1.82, 2.24) is 15.5 Å². The molecule has 0 saturated heterocycles. The van der Waals surface area contributed by atoms with Gasteiger partial charge in [-0.1, -0.05) is 0 Å². The van der Waals surface area contributed by atoms with Crippen LogP contribution >= 0.6 is 0 Å². The summed E-state index contributed by atoms with van der Waals surface area (Å²) in [5.41, 5.74) is 0. The predicted octanol–water partition coefficient (Wildman–Crippen LogP) is -0.494. The van der Waals surface area contributed by atoms with Gasteiger partial charge in [0.2, 0.25) is 5.91 Å². The van der Waals surface area contributed by atoms with Gasteiger partial charge in [-0.3, -0.25) is 4.79 Å². The van der Waals surface area contributed by atoms with Crippen LogP contribution < -0.4 is 10.6 Å². The first kappa shape index (κ1) is 15.9. The highest BCUT2D eigenvalue weighted by Gasteiger charge is 2.17. The van der Waals surface area contributed by atoms with E-state index in [2.05, 4.69) is 29.4 Å². The smallest absolute Gasteiger partial charge is 0.327 e. The molecule has 1 atom stereocenters. The Kier molecular flexibility index (Phi) is 7.49. The number of carboxylic acid groups (broad SMARTS) is 1. The number of aliphatic carboxylic acids is 1. The predicted molar refractivity (Wildman–Crippen MR) is 65.9 cm³/mol.